The lowest BCUT2D eigenvalue weighted by Gasteiger charge is -2.33. The fourth-order valence-electron chi connectivity index (χ4n) is 1.60. The van der Waals surface area contributed by atoms with E-state index in [0.29, 0.717) is 18.7 Å². The molecule has 0 atom stereocenters. The zero-order valence-electron chi connectivity index (χ0n) is 9.30. The molecule has 0 bridgehead atoms. The molecule has 5 heteroatoms. The van der Waals surface area contributed by atoms with Gasteiger partial charge in [0.2, 0.25) is 0 Å². The van der Waals surface area contributed by atoms with Gasteiger partial charge in [0.15, 0.2) is 0 Å². The highest BCUT2D eigenvalue weighted by atomic mass is 19.1. The van der Waals surface area contributed by atoms with Gasteiger partial charge in [-0.15, -0.1) is 0 Å². The van der Waals surface area contributed by atoms with E-state index in [0.717, 1.165) is 6.07 Å². The van der Waals surface area contributed by atoms with Crippen LogP contribution in [0.15, 0.2) is 18.2 Å². The summed E-state index contributed by atoms with van der Waals surface area (Å²) in [7, 11) is -0.668. The highest BCUT2D eigenvalue weighted by molar-refractivity contribution is 6.61. The van der Waals surface area contributed by atoms with Crippen LogP contribution in [0.1, 0.15) is 13.8 Å². The summed E-state index contributed by atoms with van der Waals surface area (Å²) in [6.07, 6.45) is 0. The summed E-state index contributed by atoms with van der Waals surface area (Å²) in [6, 6.07) is 3.29. The first-order valence-electron chi connectivity index (χ1n) is 5.15. The lowest BCUT2D eigenvalue weighted by Crippen LogP contribution is -2.47. The predicted molar refractivity (Wildman–Crippen MR) is 57.4 cm³/mol. The summed E-state index contributed by atoms with van der Waals surface area (Å²) in [6.45, 7) is 5.04. The summed E-state index contributed by atoms with van der Waals surface area (Å²) in [4.78, 5) is 0. The van der Waals surface area contributed by atoms with Crippen molar-refractivity contribution in [2.75, 3.05) is 13.2 Å². The van der Waals surface area contributed by atoms with Gasteiger partial charge in [-0.3, -0.25) is 0 Å². The van der Waals surface area contributed by atoms with Crippen LogP contribution in [-0.4, -0.2) is 20.3 Å². The minimum absolute atomic E-state index is 0.0532. The summed E-state index contributed by atoms with van der Waals surface area (Å²) < 4.78 is 36.8. The van der Waals surface area contributed by atoms with Crippen LogP contribution < -0.4 is 5.46 Å². The lowest BCUT2D eigenvalue weighted by atomic mass is 9.76. The molecular weight excluding hydrogens is 213 g/mol. The van der Waals surface area contributed by atoms with Crippen molar-refractivity contribution >= 4 is 12.6 Å². The quantitative estimate of drug-likeness (QED) is 0.679. The molecule has 2 rings (SSSR count). The van der Waals surface area contributed by atoms with E-state index in [-0.39, 0.29) is 5.41 Å². The Bertz CT molecular complexity index is 365. The number of halogens is 2. The summed E-state index contributed by atoms with van der Waals surface area (Å²) in [5, 5.41) is 0. The van der Waals surface area contributed by atoms with Gasteiger partial charge in [0.1, 0.15) is 11.6 Å². The standard InChI is InChI=1S/C11H13BF2O2/c1-11(2)6-15-12(16-7-11)8-3-9(13)5-10(14)4-8/h3-5H,6-7H2,1-2H3. The lowest BCUT2D eigenvalue weighted by molar-refractivity contribution is 0.0342. The van der Waals surface area contributed by atoms with E-state index in [2.05, 4.69) is 0 Å². The van der Waals surface area contributed by atoms with E-state index in [1.165, 1.54) is 12.1 Å². The van der Waals surface area contributed by atoms with Crippen LogP contribution in [0.5, 0.6) is 0 Å². The largest absolute Gasteiger partial charge is 0.494 e. The van der Waals surface area contributed by atoms with E-state index < -0.39 is 18.8 Å². The second kappa shape index (κ2) is 4.15. The second-order valence-electron chi connectivity index (χ2n) is 4.82. The van der Waals surface area contributed by atoms with E-state index in [4.69, 9.17) is 9.31 Å². The molecule has 1 aromatic rings. The molecule has 0 aliphatic carbocycles. The second-order valence-corrected chi connectivity index (χ2v) is 4.82. The van der Waals surface area contributed by atoms with Crippen LogP contribution in [0.25, 0.3) is 0 Å². The van der Waals surface area contributed by atoms with Gasteiger partial charge in [-0.05, 0) is 17.6 Å². The van der Waals surface area contributed by atoms with Crippen molar-refractivity contribution in [3.8, 4) is 0 Å². The van der Waals surface area contributed by atoms with Crippen molar-refractivity contribution in [2.24, 2.45) is 5.41 Å². The SMILES string of the molecule is CC1(C)COB(c2cc(F)cc(F)c2)OC1. The molecule has 86 valence electrons. The van der Waals surface area contributed by atoms with Crippen LogP contribution in [0, 0.1) is 17.0 Å². The first-order chi connectivity index (χ1) is 7.46. The monoisotopic (exact) mass is 226 g/mol. The molecule has 0 unspecified atom stereocenters. The number of benzene rings is 1. The Hall–Kier alpha value is -0.935. The molecule has 0 spiro atoms. The van der Waals surface area contributed by atoms with Gasteiger partial charge in [0, 0.05) is 24.7 Å². The third-order valence-corrected chi connectivity index (χ3v) is 2.41. The smallest absolute Gasteiger partial charge is 0.407 e. The molecule has 1 aliphatic heterocycles. The van der Waals surface area contributed by atoms with Crippen molar-refractivity contribution < 1.29 is 18.1 Å². The van der Waals surface area contributed by atoms with Crippen LogP contribution >= 0.6 is 0 Å². The van der Waals surface area contributed by atoms with Gasteiger partial charge >= 0.3 is 7.12 Å². The van der Waals surface area contributed by atoms with Gasteiger partial charge in [-0.1, -0.05) is 13.8 Å². The van der Waals surface area contributed by atoms with E-state index in [9.17, 15) is 8.78 Å². The van der Waals surface area contributed by atoms with Gasteiger partial charge < -0.3 is 9.31 Å². The average molecular weight is 226 g/mol. The molecule has 1 fully saturated rings. The molecule has 0 saturated carbocycles. The topological polar surface area (TPSA) is 18.5 Å². The summed E-state index contributed by atoms with van der Waals surface area (Å²) in [5.74, 6) is -1.24. The average Bonchev–Trinajstić information content (AvgIpc) is 2.15. The maximum absolute atomic E-state index is 13.0. The van der Waals surface area contributed by atoms with Crippen LogP contribution in [0.2, 0.25) is 0 Å². The fourth-order valence-corrected chi connectivity index (χ4v) is 1.60. The number of hydrogen-bond acceptors (Lipinski definition) is 2. The van der Waals surface area contributed by atoms with E-state index >= 15 is 0 Å². The van der Waals surface area contributed by atoms with Crippen LogP contribution in [0.4, 0.5) is 8.78 Å². The van der Waals surface area contributed by atoms with Crippen LogP contribution in [0.3, 0.4) is 0 Å². The van der Waals surface area contributed by atoms with Gasteiger partial charge in [-0.25, -0.2) is 8.78 Å². The van der Waals surface area contributed by atoms with Gasteiger partial charge in [0.25, 0.3) is 0 Å². The Morgan fingerprint density at radius 2 is 1.56 bits per heavy atom. The Kier molecular flexibility index (Phi) is 2.99. The minimum atomic E-state index is -0.668. The molecular formula is C11H13BF2O2. The molecule has 0 amide bonds. The molecule has 1 saturated heterocycles. The Morgan fingerprint density at radius 1 is 1.06 bits per heavy atom. The Morgan fingerprint density at radius 3 is 2.06 bits per heavy atom. The molecule has 1 heterocycles. The minimum Gasteiger partial charge on any atom is -0.407 e. The Balaban J connectivity index is 2.14. The molecule has 0 aromatic heterocycles. The predicted octanol–water partition coefficient (Wildman–Crippen LogP) is 1.73. The van der Waals surface area contributed by atoms with Crippen molar-refractivity contribution in [3.05, 3.63) is 29.8 Å². The maximum Gasteiger partial charge on any atom is 0.494 e. The Labute approximate surface area is 93.7 Å². The zero-order valence-corrected chi connectivity index (χ0v) is 9.30. The third kappa shape index (κ3) is 2.60. The van der Waals surface area contributed by atoms with Crippen molar-refractivity contribution in [3.63, 3.8) is 0 Å². The fraction of sp³-hybridized carbons (Fsp3) is 0.455. The van der Waals surface area contributed by atoms with Gasteiger partial charge in [0.05, 0.1) is 0 Å². The maximum atomic E-state index is 13.0. The van der Waals surface area contributed by atoms with E-state index in [1.54, 1.807) is 0 Å². The molecule has 1 aromatic carbocycles. The highest BCUT2D eigenvalue weighted by Gasteiger charge is 2.33. The molecule has 0 radical (unpaired) electrons. The molecule has 16 heavy (non-hydrogen) atoms. The first-order valence-corrected chi connectivity index (χ1v) is 5.15. The number of hydrogen-bond donors (Lipinski definition) is 0. The van der Waals surface area contributed by atoms with E-state index in [1.807, 2.05) is 13.8 Å². The highest BCUT2D eigenvalue weighted by Crippen LogP contribution is 2.21. The molecule has 0 N–H and O–H groups in total. The van der Waals surface area contributed by atoms with Gasteiger partial charge in [-0.2, -0.15) is 0 Å². The normalized spacial score (nSPS) is 19.9. The molecule has 2 nitrogen and oxygen atoms in total. The van der Waals surface area contributed by atoms with Crippen molar-refractivity contribution in [2.45, 2.75) is 13.8 Å². The summed E-state index contributed by atoms with van der Waals surface area (Å²) in [5.41, 5.74) is 0.329. The van der Waals surface area contributed by atoms with Crippen molar-refractivity contribution in [1.29, 1.82) is 0 Å². The zero-order chi connectivity index (χ0) is 11.8. The van der Waals surface area contributed by atoms with Crippen molar-refractivity contribution in [1.82, 2.24) is 0 Å². The first kappa shape index (κ1) is 11.5. The third-order valence-electron chi connectivity index (χ3n) is 2.41. The molecule has 1 aliphatic rings. The van der Waals surface area contributed by atoms with Crippen LogP contribution in [-0.2, 0) is 9.31 Å². The number of rotatable bonds is 1. The summed E-state index contributed by atoms with van der Waals surface area (Å²) >= 11 is 0.